The zero-order valence-corrected chi connectivity index (χ0v) is 18.7. The lowest BCUT2D eigenvalue weighted by molar-refractivity contribution is -0.139. The van der Waals surface area contributed by atoms with Gasteiger partial charge in [-0.15, -0.1) is 0 Å². The van der Waals surface area contributed by atoms with E-state index in [0.717, 1.165) is 51.9 Å². The Morgan fingerprint density at radius 1 is 0.806 bits per heavy atom. The molecule has 1 aromatic carbocycles. The molecule has 4 rings (SSSR count). The summed E-state index contributed by atoms with van der Waals surface area (Å²) in [6.07, 6.45) is 3.86. The van der Waals surface area contributed by atoms with Gasteiger partial charge in [-0.05, 0) is 49.9 Å². The van der Waals surface area contributed by atoms with Crippen molar-refractivity contribution in [1.29, 1.82) is 0 Å². The van der Waals surface area contributed by atoms with Crippen molar-refractivity contribution in [2.75, 3.05) is 58.9 Å². The van der Waals surface area contributed by atoms with Crippen molar-refractivity contribution in [2.24, 2.45) is 5.92 Å². The Morgan fingerprint density at radius 3 is 2.13 bits per heavy atom. The SMILES string of the molecule is O=C(CN1CCN(C(=O)C2CCCN(C(=O)c3ccc(Cl)cc3)C2)CC1)N1CCCC1. The Morgan fingerprint density at radius 2 is 1.45 bits per heavy atom. The van der Waals surface area contributed by atoms with Gasteiger partial charge in [-0.2, -0.15) is 0 Å². The molecule has 3 aliphatic heterocycles. The van der Waals surface area contributed by atoms with Crippen LogP contribution in [-0.2, 0) is 9.59 Å². The molecule has 3 heterocycles. The van der Waals surface area contributed by atoms with E-state index in [4.69, 9.17) is 11.6 Å². The average molecular weight is 447 g/mol. The zero-order chi connectivity index (χ0) is 21.8. The standard InChI is InChI=1S/C23H31ClN4O3/c24-20-7-5-18(6-8-20)22(30)28-11-3-4-19(16-28)23(31)27-14-12-25(13-15-27)17-21(29)26-9-1-2-10-26/h5-8,19H,1-4,9-17H2. The van der Waals surface area contributed by atoms with Gasteiger partial charge in [0.2, 0.25) is 11.8 Å². The van der Waals surface area contributed by atoms with Gasteiger partial charge in [0.1, 0.15) is 0 Å². The third-order valence-corrected chi connectivity index (χ3v) is 6.90. The van der Waals surface area contributed by atoms with Crippen molar-refractivity contribution in [3.63, 3.8) is 0 Å². The minimum absolute atomic E-state index is 0.0422. The maximum absolute atomic E-state index is 13.1. The molecule has 1 unspecified atom stereocenters. The van der Waals surface area contributed by atoms with Gasteiger partial charge in [0.05, 0.1) is 12.5 Å². The molecule has 0 saturated carbocycles. The highest BCUT2D eigenvalue weighted by atomic mass is 35.5. The number of hydrogen-bond acceptors (Lipinski definition) is 4. The summed E-state index contributed by atoms with van der Waals surface area (Å²) in [6, 6.07) is 6.90. The minimum Gasteiger partial charge on any atom is -0.342 e. The number of piperidine rings is 1. The number of nitrogens with zero attached hydrogens (tertiary/aromatic N) is 4. The highest BCUT2D eigenvalue weighted by Gasteiger charge is 2.33. The summed E-state index contributed by atoms with van der Waals surface area (Å²) in [5, 5.41) is 0.601. The minimum atomic E-state index is -0.150. The molecular formula is C23H31ClN4O3. The second-order valence-corrected chi connectivity index (χ2v) is 9.22. The van der Waals surface area contributed by atoms with Crippen LogP contribution < -0.4 is 0 Å². The first-order valence-electron chi connectivity index (χ1n) is 11.3. The van der Waals surface area contributed by atoms with Crippen LogP contribution in [0.2, 0.25) is 5.02 Å². The first-order chi connectivity index (χ1) is 15.0. The first kappa shape index (κ1) is 22.1. The summed E-state index contributed by atoms with van der Waals surface area (Å²) in [6.45, 7) is 6.10. The number of amides is 3. The smallest absolute Gasteiger partial charge is 0.253 e. The second kappa shape index (κ2) is 10.0. The van der Waals surface area contributed by atoms with Crippen LogP contribution in [0.15, 0.2) is 24.3 Å². The number of piperazine rings is 1. The van der Waals surface area contributed by atoms with E-state index < -0.39 is 0 Å². The largest absolute Gasteiger partial charge is 0.342 e. The van der Waals surface area contributed by atoms with Crippen LogP contribution in [0.25, 0.3) is 0 Å². The Kier molecular flexibility index (Phi) is 7.13. The summed E-state index contributed by atoms with van der Waals surface area (Å²) in [4.78, 5) is 46.1. The maximum atomic E-state index is 13.1. The Hall–Kier alpha value is -2.12. The van der Waals surface area contributed by atoms with Gasteiger partial charge in [0.15, 0.2) is 0 Å². The monoisotopic (exact) mass is 446 g/mol. The van der Waals surface area contributed by atoms with Crippen LogP contribution in [0.1, 0.15) is 36.0 Å². The molecule has 0 aromatic heterocycles. The number of halogens is 1. The molecule has 1 atom stereocenters. The fraction of sp³-hybridized carbons (Fsp3) is 0.609. The molecule has 0 bridgehead atoms. The van der Waals surface area contributed by atoms with Crippen LogP contribution in [0.4, 0.5) is 0 Å². The number of carbonyl (C=O) groups excluding carboxylic acids is 3. The fourth-order valence-corrected chi connectivity index (χ4v) is 4.91. The molecular weight excluding hydrogens is 416 g/mol. The summed E-state index contributed by atoms with van der Waals surface area (Å²) in [5.74, 6) is 0.155. The predicted molar refractivity (Wildman–Crippen MR) is 119 cm³/mol. The van der Waals surface area contributed by atoms with Gasteiger partial charge >= 0.3 is 0 Å². The van der Waals surface area contributed by atoms with Crippen molar-refractivity contribution >= 4 is 29.3 Å². The fourth-order valence-electron chi connectivity index (χ4n) is 4.78. The Bertz CT molecular complexity index is 802. The molecule has 31 heavy (non-hydrogen) atoms. The number of benzene rings is 1. The Labute approximate surface area is 188 Å². The molecule has 3 fully saturated rings. The molecule has 168 valence electrons. The van der Waals surface area contributed by atoms with Gasteiger partial charge < -0.3 is 14.7 Å². The van der Waals surface area contributed by atoms with Crippen molar-refractivity contribution in [2.45, 2.75) is 25.7 Å². The molecule has 8 heteroatoms. The van der Waals surface area contributed by atoms with Crippen LogP contribution in [0, 0.1) is 5.92 Å². The molecule has 0 N–H and O–H groups in total. The first-order valence-corrected chi connectivity index (χ1v) is 11.7. The van der Waals surface area contributed by atoms with Crippen molar-refractivity contribution < 1.29 is 14.4 Å². The third-order valence-electron chi connectivity index (χ3n) is 6.65. The lowest BCUT2D eigenvalue weighted by Crippen LogP contribution is -2.54. The van der Waals surface area contributed by atoms with Crippen LogP contribution in [0.5, 0.6) is 0 Å². The molecule has 7 nitrogen and oxygen atoms in total. The number of carbonyl (C=O) groups is 3. The van der Waals surface area contributed by atoms with E-state index in [9.17, 15) is 14.4 Å². The number of rotatable bonds is 4. The third kappa shape index (κ3) is 5.39. The van der Waals surface area contributed by atoms with Gasteiger partial charge in [-0.25, -0.2) is 0 Å². The van der Waals surface area contributed by atoms with E-state index >= 15 is 0 Å². The summed E-state index contributed by atoms with van der Waals surface area (Å²) in [5.41, 5.74) is 0.605. The average Bonchev–Trinajstić information content (AvgIpc) is 3.34. The maximum Gasteiger partial charge on any atom is 0.253 e. The van der Waals surface area contributed by atoms with E-state index in [1.54, 1.807) is 29.2 Å². The predicted octanol–water partition coefficient (Wildman–Crippen LogP) is 1.96. The highest BCUT2D eigenvalue weighted by molar-refractivity contribution is 6.30. The lowest BCUT2D eigenvalue weighted by atomic mass is 9.95. The zero-order valence-electron chi connectivity index (χ0n) is 18.0. The normalized spacial score (nSPS) is 22.6. The summed E-state index contributed by atoms with van der Waals surface area (Å²) in [7, 11) is 0. The van der Waals surface area contributed by atoms with E-state index in [0.29, 0.717) is 43.3 Å². The molecule has 0 radical (unpaired) electrons. The molecule has 3 aliphatic rings. The van der Waals surface area contributed by atoms with Gasteiger partial charge in [-0.1, -0.05) is 11.6 Å². The quantitative estimate of drug-likeness (QED) is 0.709. The number of likely N-dealkylation sites (tertiary alicyclic amines) is 2. The summed E-state index contributed by atoms with van der Waals surface area (Å²) >= 11 is 5.92. The Balaban J connectivity index is 1.27. The second-order valence-electron chi connectivity index (χ2n) is 8.79. The molecule has 0 spiro atoms. The van der Waals surface area contributed by atoms with E-state index in [1.165, 1.54) is 0 Å². The van der Waals surface area contributed by atoms with Crippen molar-refractivity contribution in [1.82, 2.24) is 19.6 Å². The van der Waals surface area contributed by atoms with E-state index in [1.807, 2.05) is 9.80 Å². The van der Waals surface area contributed by atoms with Gasteiger partial charge in [-0.3, -0.25) is 19.3 Å². The summed E-state index contributed by atoms with van der Waals surface area (Å²) < 4.78 is 0. The van der Waals surface area contributed by atoms with Crippen molar-refractivity contribution in [3.8, 4) is 0 Å². The van der Waals surface area contributed by atoms with Gasteiger partial charge in [0, 0.05) is 62.9 Å². The van der Waals surface area contributed by atoms with E-state index in [2.05, 4.69) is 4.90 Å². The number of hydrogen-bond donors (Lipinski definition) is 0. The molecule has 1 aromatic rings. The molecule has 3 saturated heterocycles. The van der Waals surface area contributed by atoms with Crippen LogP contribution >= 0.6 is 11.6 Å². The molecule has 0 aliphatic carbocycles. The van der Waals surface area contributed by atoms with Crippen LogP contribution in [-0.4, -0.2) is 96.2 Å². The van der Waals surface area contributed by atoms with Crippen LogP contribution in [0.3, 0.4) is 0 Å². The van der Waals surface area contributed by atoms with Crippen molar-refractivity contribution in [3.05, 3.63) is 34.9 Å². The highest BCUT2D eigenvalue weighted by Crippen LogP contribution is 2.22. The molecule has 3 amide bonds. The lowest BCUT2D eigenvalue weighted by Gasteiger charge is -2.39. The van der Waals surface area contributed by atoms with E-state index in [-0.39, 0.29) is 23.6 Å². The van der Waals surface area contributed by atoms with Gasteiger partial charge in [0.25, 0.3) is 5.91 Å². The topological polar surface area (TPSA) is 64.2 Å².